The fourth-order valence-corrected chi connectivity index (χ4v) is 6.49. The van der Waals surface area contributed by atoms with Gasteiger partial charge in [-0.3, -0.25) is 9.89 Å². The molecule has 0 amide bonds. The van der Waals surface area contributed by atoms with E-state index in [4.69, 9.17) is 4.99 Å². The molecule has 0 radical (unpaired) electrons. The number of rotatable bonds is 4. The molecular formula is C35H30N2. The van der Waals surface area contributed by atoms with Gasteiger partial charge in [0, 0.05) is 17.2 Å². The Morgan fingerprint density at radius 1 is 0.730 bits per heavy atom. The first-order chi connectivity index (χ1) is 18.4. The molecule has 3 aromatic rings. The van der Waals surface area contributed by atoms with E-state index >= 15 is 0 Å². The van der Waals surface area contributed by atoms with E-state index in [1.807, 2.05) is 0 Å². The molecule has 0 bridgehead atoms. The van der Waals surface area contributed by atoms with Gasteiger partial charge in [0.2, 0.25) is 0 Å². The molecular weight excluding hydrogens is 448 g/mol. The molecule has 3 aliphatic carbocycles. The second-order valence-corrected chi connectivity index (χ2v) is 10.2. The van der Waals surface area contributed by atoms with Gasteiger partial charge in [0.05, 0.1) is 5.70 Å². The summed E-state index contributed by atoms with van der Waals surface area (Å²) in [5.74, 6) is 1.78. The Labute approximate surface area is 219 Å². The molecule has 2 nitrogen and oxygen atoms in total. The van der Waals surface area contributed by atoms with Gasteiger partial charge in [-0.1, -0.05) is 115 Å². The van der Waals surface area contributed by atoms with E-state index in [1.165, 1.54) is 39.2 Å². The van der Waals surface area contributed by atoms with Gasteiger partial charge in [-0.2, -0.15) is 0 Å². The molecule has 3 aromatic carbocycles. The first-order valence-electron chi connectivity index (χ1n) is 13.4. The molecule has 0 aromatic heterocycles. The van der Waals surface area contributed by atoms with Gasteiger partial charge in [-0.25, -0.2) is 0 Å². The lowest BCUT2D eigenvalue weighted by Gasteiger charge is -2.42. The fourth-order valence-electron chi connectivity index (χ4n) is 6.49. The van der Waals surface area contributed by atoms with Crippen molar-refractivity contribution in [2.24, 2.45) is 10.9 Å². The lowest BCUT2D eigenvalue weighted by molar-refractivity contribution is 0.438. The zero-order chi connectivity index (χ0) is 24.6. The molecule has 180 valence electrons. The maximum atomic E-state index is 5.65. The van der Waals surface area contributed by atoms with E-state index in [-0.39, 0.29) is 12.0 Å². The largest absolute Gasteiger partial charge is 0.296 e. The number of hydrogen-bond donors (Lipinski definition) is 0. The van der Waals surface area contributed by atoms with E-state index in [0.29, 0.717) is 5.92 Å². The van der Waals surface area contributed by atoms with Gasteiger partial charge in [0.1, 0.15) is 11.9 Å². The summed E-state index contributed by atoms with van der Waals surface area (Å²) >= 11 is 0. The summed E-state index contributed by atoms with van der Waals surface area (Å²) in [4.78, 5) is 8.12. The highest BCUT2D eigenvalue weighted by atomic mass is 15.3. The molecule has 0 saturated heterocycles. The number of fused-ring (bicyclic) bond motifs is 2. The predicted molar refractivity (Wildman–Crippen MR) is 154 cm³/mol. The average Bonchev–Trinajstić information content (AvgIpc) is 3.37. The third-order valence-corrected chi connectivity index (χ3v) is 8.08. The molecule has 0 N–H and O–H groups in total. The van der Waals surface area contributed by atoms with Crippen LogP contribution in [0.4, 0.5) is 5.69 Å². The van der Waals surface area contributed by atoms with E-state index in [1.54, 1.807) is 0 Å². The summed E-state index contributed by atoms with van der Waals surface area (Å²) in [5.41, 5.74) is 9.25. The highest BCUT2D eigenvalue weighted by molar-refractivity contribution is 6.16. The molecule has 37 heavy (non-hydrogen) atoms. The van der Waals surface area contributed by atoms with Gasteiger partial charge in [0.15, 0.2) is 0 Å². The smallest absolute Gasteiger partial charge is 0.136 e. The first kappa shape index (κ1) is 22.1. The van der Waals surface area contributed by atoms with Crippen LogP contribution in [0.25, 0.3) is 5.57 Å². The summed E-state index contributed by atoms with van der Waals surface area (Å²) in [5, 5.41) is 0. The predicted octanol–water partition coefficient (Wildman–Crippen LogP) is 8.26. The molecule has 3 unspecified atom stereocenters. The molecule has 0 fully saturated rings. The molecule has 2 heteroatoms. The van der Waals surface area contributed by atoms with Crippen molar-refractivity contribution in [3.05, 3.63) is 155 Å². The van der Waals surface area contributed by atoms with Gasteiger partial charge in [0.25, 0.3) is 0 Å². The minimum absolute atomic E-state index is 0.0493. The first-order valence-corrected chi connectivity index (χ1v) is 13.4. The molecule has 7 rings (SSSR count). The highest BCUT2D eigenvalue weighted by Crippen LogP contribution is 2.55. The summed E-state index contributed by atoms with van der Waals surface area (Å²) < 4.78 is 0. The third-order valence-electron chi connectivity index (χ3n) is 8.08. The Morgan fingerprint density at radius 2 is 1.43 bits per heavy atom. The van der Waals surface area contributed by atoms with Crippen molar-refractivity contribution in [2.45, 2.75) is 31.2 Å². The Hall–Kier alpha value is -4.17. The number of nitrogens with zero attached hydrogens (tertiary/aromatic N) is 2. The van der Waals surface area contributed by atoms with E-state index in [0.717, 1.165) is 25.1 Å². The normalized spacial score (nSPS) is 24.3. The van der Waals surface area contributed by atoms with Crippen LogP contribution in [0.15, 0.2) is 149 Å². The number of hydrogen-bond acceptors (Lipinski definition) is 2. The zero-order valence-corrected chi connectivity index (χ0v) is 20.9. The van der Waals surface area contributed by atoms with E-state index in [2.05, 4.69) is 132 Å². The van der Waals surface area contributed by atoms with Crippen molar-refractivity contribution >= 4 is 17.1 Å². The van der Waals surface area contributed by atoms with Gasteiger partial charge in [-0.15, -0.1) is 0 Å². The minimum atomic E-state index is 0.0493. The molecule has 0 saturated carbocycles. The van der Waals surface area contributed by atoms with Crippen LogP contribution >= 0.6 is 0 Å². The van der Waals surface area contributed by atoms with Crippen molar-refractivity contribution in [3.8, 4) is 0 Å². The SMILES string of the molecule is C1=CCCC(C2=NC3C(=C(c4ccccc4)C4=CC=CCC4C3c3ccccc3)N2c2ccccc2)=C1. The number of allylic oxidation sites excluding steroid dienone is 8. The van der Waals surface area contributed by atoms with Crippen molar-refractivity contribution in [1.82, 2.24) is 0 Å². The molecule has 1 aliphatic heterocycles. The topological polar surface area (TPSA) is 15.6 Å². The molecule has 0 spiro atoms. The summed E-state index contributed by atoms with van der Waals surface area (Å²) in [6.45, 7) is 0. The standard InChI is InChI=1S/C35H30N2/c1-5-15-25(16-6-1)31-29-23-13-14-24-30(29)32(26-17-7-2-8-18-26)34-33(31)36-35(27-19-9-3-10-20-27)37(34)28-21-11-4-12-22-28/h1-9,11-19,21-22,24,29,31,33H,10,20,23H2. The quantitative estimate of drug-likeness (QED) is 0.368. The van der Waals surface area contributed by atoms with Crippen LogP contribution in [0, 0.1) is 5.92 Å². The number of aliphatic imine (C=N–C) groups is 1. The summed E-state index contributed by atoms with van der Waals surface area (Å²) in [7, 11) is 0. The second-order valence-electron chi connectivity index (χ2n) is 10.2. The number of benzene rings is 3. The van der Waals surface area contributed by atoms with Gasteiger partial charge in [-0.05, 0) is 59.6 Å². The zero-order valence-electron chi connectivity index (χ0n) is 20.9. The van der Waals surface area contributed by atoms with Crippen LogP contribution in [-0.4, -0.2) is 11.9 Å². The monoisotopic (exact) mass is 478 g/mol. The Kier molecular flexibility index (Phi) is 5.59. The fraction of sp³-hybridized carbons (Fsp3) is 0.171. The number of amidine groups is 1. The van der Waals surface area contributed by atoms with Crippen LogP contribution < -0.4 is 4.90 Å². The van der Waals surface area contributed by atoms with Crippen LogP contribution in [0.5, 0.6) is 0 Å². The lowest BCUT2D eigenvalue weighted by Crippen LogP contribution is -2.37. The van der Waals surface area contributed by atoms with Crippen molar-refractivity contribution in [3.63, 3.8) is 0 Å². The lowest BCUT2D eigenvalue weighted by atomic mass is 9.65. The van der Waals surface area contributed by atoms with Gasteiger partial charge < -0.3 is 0 Å². The third kappa shape index (κ3) is 3.76. The van der Waals surface area contributed by atoms with E-state index in [9.17, 15) is 0 Å². The molecule has 3 atom stereocenters. The molecule has 1 heterocycles. The average molecular weight is 479 g/mol. The van der Waals surface area contributed by atoms with Crippen molar-refractivity contribution in [1.29, 1.82) is 0 Å². The summed E-state index contributed by atoms with van der Waals surface area (Å²) in [6, 6.07) is 32.9. The summed E-state index contributed by atoms with van der Waals surface area (Å²) in [6.07, 6.45) is 16.8. The van der Waals surface area contributed by atoms with Crippen LogP contribution in [0.2, 0.25) is 0 Å². The Balaban J connectivity index is 1.54. The van der Waals surface area contributed by atoms with Gasteiger partial charge >= 0.3 is 0 Å². The van der Waals surface area contributed by atoms with Crippen LogP contribution in [-0.2, 0) is 0 Å². The van der Waals surface area contributed by atoms with Crippen LogP contribution in [0.1, 0.15) is 36.3 Å². The second kappa shape index (κ2) is 9.37. The molecule has 4 aliphatic rings. The maximum Gasteiger partial charge on any atom is 0.136 e. The Morgan fingerprint density at radius 3 is 2.16 bits per heavy atom. The number of para-hydroxylation sites is 1. The van der Waals surface area contributed by atoms with Crippen molar-refractivity contribution < 1.29 is 0 Å². The number of anilines is 1. The van der Waals surface area contributed by atoms with E-state index < -0.39 is 0 Å². The van der Waals surface area contributed by atoms with Crippen molar-refractivity contribution in [2.75, 3.05) is 4.90 Å². The highest BCUT2D eigenvalue weighted by Gasteiger charge is 2.48. The van der Waals surface area contributed by atoms with Crippen LogP contribution in [0.3, 0.4) is 0 Å². The maximum absolute atomic E-state index is 5.65. The minimum Gasteiger partial charge on any atom is -0.296 e. The Bertz CT molecular complexity index is 1490.